The van der Waals surface area contributed by atoms with Crippen LogP contribution in [0.3, 0.4) is 0 Å². The molecule has 0 spiro atoms. The van der Waals surface area contributed by atoms with Gasteiger partial charge in [-0.05, 0) is 19.1 Å². The van der Waals surface area contributed by atoms with Crippen molar-refractivity contribution in [2.45, 2.75) is 49.1 Å². The van der Waals surface area contributed by atoms with Gasteiger partial charge in [-0.3, -0.25) is 0 Å². The summed E-state index contributed by atoms with van der Waals surface area (Å²) in [5.74, 6) is -37.0. The zero-order valence-corrected chi connectivity index (χ0v) is 12.5. The molecule has 25 heavy (non-hydrogen) atoms. The minimum Gasteiger partial charge on any atom is -0.487 e. The van der Waals surface area contributed by atoms with E-state index >= 15 is 0 Å². The summed E-state index contributed by atoms with van der Waals surface area (Å²) in [6, 6.07) is 0. The molecular formula is C10H7F13OS. The summed E-state index contributed by atoms with van der Waals surface area (Å²) < 4.78 is 169. The van der Waals surface area contributed by atoms with E-state index in [0.717, 1.165) is 6.92 Å². The minimum atomic E-state index is -7.90. The van der Waals surface area contributed by atoms with Gasteiger partial charge in [0.1, 0.15) is 0 Å². The first-order chi connectivity index (χ1) is 10.7. The molecule has 0 saturated heterocycles. The van der Waals surface area contributed by atoms with Crippen molar-refractivity contribution in [3.05, 3.63) is 0 Å². The topological polar surface area (TPSA) is 9.23 Å². The van der Waals surface area contributed by atoms with Crippen molar-refractivity contribution in [3.8, 4) is 0 Å². The molecule has 0 aromatic rings. The first kappa shape index (κ1) is 24.0. The molecule has 0 aromatic carbocycles. The monoisotopic (exact) mass is 422 g/mol. The maximum atomic E-state index is 13.2. The van der Waals surface area contributed by atoms with Crippen LogP contribution in [0.25, 0.3) is 0 Å². The van der Waals surface area contributed by atoms with Crippen molar-refractivity contribution in [1.82, 2.24) is 0 Å². The van der Waals surface area contributed by atoms with Crippen molar-refractivity contribution in [1.29, 1.82) is 0 Å². The van der Waals surface area contributed by atoms with E-state index in [0.29, 0.717) is 0 Å². The fourth-order valence-electron chi connectivity index (χ4n) is 1.31. The predicted octanol–water partition coefficient (Wildman–Crippen LogP) is 5.48. The van der Waals surface area contributed by atoms with Gasteiger partial charge in [-0.15, -0.1) is 0 Å². The van der Waals surface area contributed by atoms with E-state index in [2.05, 4.69) is 17.0 Å². The van der Waals surface area contributed by atoms with Gasteiger partial charge in [-0.25, -0.2) is 0 Å². The van der Waals surface area contributed by atoms with Gasteiger partial charge in [0.05, 0.1) is 13.0 Å². The van der Waals surface area contributed by atoms with E-state index in [-0.39, 0.29) is 0 Å². The second-order valence-corrected chi connectivity index (χ2v) is 4.94. The van der Waals surface area contributed by atoms with Crippen LogP contribution in [0.1, 0.15) is 13.3 Å². The van der Waals surface area contributed by atoms with Crippen LogP contribution in [0.4, 0.5) is 57.1 Å². The van der Waals surface area contributed by atoms with Crippen LogP contribution in [0.5, 0.6) is 0 Å². The van der Waals surface area contributed by atoms with E-state index in [1.165, 1.54) is 0 Å². The molecule has 1 nitrogen and oxygen atoms in total. The highest BCUT2D eigenvalue weighted by atomic mass is 32.1. The van der Waals surface area contributed by atoms with Gasteiger partial charge in [-0.2, -0.15) is 57.1 Å². The van der Waals surface area contributed by atoms with Crippen molar-refractivity contribution < 1.29 is 61.8 Å². The summed E-state index contributed by atoms with van der Waals surface area (Å²) in [6.07, 6.45) is -10.0. The van der Waals surface area contributed by atoms with E-state index < -0.39 is 53.9 Å². The Labute approximate surface area is 136 Å². The molecule has 0 unspecified atom stereocenters. The Hall–Kier alpha value is -1.02. The lowest BCUT2D eigenvalue weighted by molar-refractivity contribution is -0.439. The van der Waals surface area contributed by atoms with Gasteiger partial charge in [0.15, 0.2) is 5.05 Å². The van der Waals surface area contributed by atoms with Crippen LogP contribution in [-0.2, 0) is 4.74 Å². The lowest BCUT2D eigenvalue weighted by Gasteiger charge is -2.39. The van der Waals surface area contributed by atoms with Crippen LogP contribution < -0.4 is 0 Å². The molecule has 0 aliphatic carbocycles. The third-order valence-corrected chi connectivity index (χ3v) is 2.93. The maximum absolute atomic E-state index is 13.2. The highest BCUT2D eigenvalue weighted by Gasteiger charge is 2.90. The Balaban J connectivity index is 6.07. The zero-order valence-electron chi connectivity index (χ0n) is 11.6. The molecule has 0 aliphatic heterocycles. The molecule has 0 amide bonds. The summed E-state index contributed by atoms with van der Waals surface area (Å²) in [4.78, 5) is 0. The smallest absolute Gasteiger partial charge is 0.460 e. The zero-order chi connectivity index (χ0) is 20.7. The number of hydrogen-bond donors (Lipinski definition) is 0. The van der Waals surface area contributed by atoms with Crippen molar-refractivity contribution in [3.63, 3.8) is 0 Å². The molecule has 0 rings (SSSR count). The van der Waals surface area contributed by atoms with Crippen LogP contribution >= 0.6 is 12.2 Å². The Morgan fingerprint density at radius 3 is 1.36 bits per heavy atom. The second kappa shape index (κ2) is 6.61. The highest BCUT2D eigenvalue weighted by molar-refractivity contribution is 7.80. The molecule has 0 saturated carbocycles. The summed E-state index contributed by atoms with van der Waals surface area (Å²) in [7, 11) is 0. The molecular weight excluding hydrogens is 415 g/mol. The van der Waals surface area contributed by atoms with E-state index in [1.807, 2.05) is 0 Å². The lowest BCUT2D eigenvalue weighted by Crippen LogP contribution is -2.70. The number of alkyl halides is 13. The van der Waals surface area contributed by atoms with Crippen molar-refractivity contribution >= 4 is 17.3 Å². The summed E-state index contributed by atoms with van der Waals surface area (Å²) in [6.45, 7) is 0.550. The number of halogens is 13. The van der Waals surface area contributed by atoms with Crippen LogP contribution in [0.2, 0.25) is 0 Å². The van der Waals surface area contributed by atoms with Gasteiger partial charge >= 0.3 is 35.8 Å². The second-order valence-electron chi connectivity index (χ2n) is 4.48. The van der Waals surface area contributed by atoms with E-state index in [4.69, 9.17) is 0 Å². The van der Waals surface area contributed by atoms with Gasteiger partial charge in [0.25, 0.3) is 0 Å². The number of ether oxygens (including phenoxy) is 1. The maximum Gasteiger partial charge on any atom is 0.460 e. The van der Waals surface area contributed by atoms with Gasteiger partial charge in [0.2, 0.25) is 0 Å². The van der Waals surface area contributed by atoms with Gasteiger partial charge in [-0.1, -0.05) is 0 Å². The number of thiocarbonyl (C=S) groups is 1. The quantitative estimate of drug-likeness (QED) is 0.397. The molecule has 0 aliphatic rings. The van der Waals surface area contributed by atoms with Crippen molar-refractivity contribution in [2.24, 2.45) is 0 Å². The van der Waals surface area contributed by atoms with E-state index in [1.54, 1.807) is 0 Å². The standard InChI is InChI=1S/C10H7F13OS/c1-2-24-4(25)3-5(11,12)6(13,14)7(15,16)8(17,18)9(19,20)10(21,22)23/h2-3H2,1H3. The molecule has 15 heteroatoms. The Kier molecular flexibility index (Phi) is 6.34. The SMILES string of the molecule is CCOC(=S)CC(F)(F)C(F)(F)C(F)(F)C(F)(F)C(F)(F)C(F)(F)F. The first-order valence-corrected chi connectivity index (χ1v) is 6.23. The van der Waals surface area contributed by atoms with Crippen LogP contribution in [0, 0.1) is 0 Å². The molecule has 0 atom stereocenters. The average Bonchev–Trinajstić information content (AvgIpc) is 2.35. The van der Waals surface area contributed by atoms with Gasteiger partial charge < -0.3 is 4.74 Å². The average molecular weight is 422 g/mol. The van der Waals surface area contributed by atoms with Crippen molar-refractivity contribution in [2.75, 3.05) is 6.61 Å². The largest absolute Gasteiger partial charge is 0.487 e. The fraction of sp³-hybridized carbons (Fsp3) is 0.900. The molecule has 0 bridgehead atoms. The molecule has 0 fully saturated rings. The summed E-state index contributed by atoms with van der Waals surface area (Å²) in [5, 5.41) is -1.48. The summed E-state index contributed by atoms with van der Waals surface area (Å²) in [5.41, 5.74) is 0. The van der Waals surface area contributed by atoms with Gasteiger partial charge in [0, 0.05) is 0 Å². The number of rotatable bonds is 7. The Bertz CT molecular complexity index is 496. The molecule has 150 valence electrons. The first-order valence-electron chi connectivity index (χ1n) is 5.82. The normalized spacial score (nSPS) is 15.3. The molecule has 0 heterocycles. The van der Waals surface area contributed by atoms with Crippen LogP contribution in [-0.4, -0.2) is 47.4 Å². The lowest BCUT2D eigenvalue weighted by atomic mass is 9.93. The van der Waals surface area contributed by atoms with Crippen LogP contribution in [0.15, 0.2) is 0 Å². The predicted molar refractivity (Wildman–Crippen MR) is 59.6 cm³/mol. The molecule has 0 N–H and O–H groups in total. The summed E-state index contributed by atoms with van der Waals surface area (Å²) >= 11 is 3.92. The van der Waals surface area contributed by atoms with E-state index in [9.17, 15) is 57.1 Å². The Morgan fingerprint density at radius 1 is 0.680 bits per heavy atom. The molecule has 0 aromatic heterocycles. The third kappa shape index (κ3) is 3.74. The number of hydrogen-bond acceptors (Lipinski definition) is 2. The Morgan fingerprint density at radius 2 is 1.04 bits per heavy atom. The highest BCUT2D eigenvalue weighted by Crippen LogP contribution is 2.60. The molecule has 0 radical (unpaired) electrons. The third-order valence-electron chi connectivity index (χ3n) is 2.67. The fourth-order valence-corrected chi connectivity index (χ4v) is 1.61. The minimum absolute atomic E-state index is 0.529.